The normalized spacial score (nSPS) is 11.2. The Morgan fingerprint density at radius 1 is 1.33 bits per heavy atom. The zero-order chi connectivity index (χ0) is 11.6. The summed E-state index contributed by atoms with van der Waals surface area (Å²) in [5.74, 6) is -0.234. The minimum Gasteiger partial charge on any atom is -0.504 e. The number of phenolic OH excluding ortho intramolecular Hbond substituents is 1. The van der Waals surface area contributed by atoms with Crippen molar-refractivity contribution in [1.29, 1.82) is 0 Å². The van der Waals surface area contributed by atoms with E-state index in [1.54, 1.807) is 12.1 Å². The van der Waals surface area contributed by atoms with Crippen LogP contribution in [0.15, 0.2) is 18.2 Å². The zero-order valence-electron chi connectivity index (χ0n) is 9.50. The van der Waals surface area contributed by atoms with E-state index in [2.05, 4.69) is 0 Å². The van der Waals surface area contributed by atoms with E-state index >= 15 is 0 Å². The lowest BCUT2D eigenvalue weighted by atomic mass is 9.87. The highest BCUT2D eigenvalue weighted by Crippen LogP contribution is 2.32. The number of carbonyl (C=O) groups excluding carboxylic acids is 1. The predicted octanol–water partition coefficient (Wildman–Crippen LogP) is 2.62. The van der Waals surface area contributed by atoms with Gasteiger partial charge in [-0.05, 0) is 23.1 Å². The average Bonchev–Trinajstić information content (AvgIpc) is 2.05. The van der Waals surface area contributed by atoms with Crippen molar-refractivity contribution in [2.75, 3.05) is 0 Å². The SMILES string of the molecule is CC(=O)Oc1ccc(C(C)(C)C)cc1O. The topological polar surface area (TPSA) is 46.5 Å². The first-order valence-corrected chi connectivity index (χ1v) is 4.82. The van der Waals surface area contributed by atoms with Crippen LogP contribution in [0, 0.1) is 0 Å². The van der Waals surface area contributed by atoms with Crippen LogP contribution in [-0.2, 0) is 10.2 Å². The first-order valence-electron chi connectivity index (χ1n) is 4.82. The van der Waals surface area contributed by atoms with Gasteiger partial charge in [-0.15, -0.1) is 0 Å². The summed E-state index contributed by atoms with van der Waals surface area (Å²) in [6.45, 7) is 7.45. The van der Waals surface area contributed by atoms with Gasteiger partial charge in [0.15, 0.2) is 11.5 Å². The molecule has 15 heavy (non-hydrogen) atoms. The molecule has 1 aromatic rings. The fourth-order valence-electron chi connectivity index (χ4n) is 1.23. The quantitative estimate of drug-likeness (QED) is 0.570. The fourth-order valence-corrected chi connectivity index (χ4v) is 1.23. The molecule has 0 aliphatic carbocycles. The number of ether oxygens (including phenoxy) is 1. The number of hydrogen-bond acceptors (Lipinski definition) is 3. The van der Waals surface area contributed by atoms with Gasteiger partial charge in [-0.2, -0.15) is 0 Å². The van der Waals surface area contributed by atoms with E-state index in [4.69, 9.17) is 4.74 Å². The van der Waals surface area contributed by atoms with Gasteiger partial charge in [0.2, 0.25) is 0 Å². The van der Waals surface area contributed by atoms with Crippen LogP contribution in [0.3, 0.4) is 0 Å². The van der Waals surface area contributed by atoms with Crippen molar-refractivity contribution >= 4 is 5.97 Å². The molecular formula is C12H16O3. The lowest BCUT2D eigenvalue weighted by molar-refractivity contribution is -0.132. The minimum absolute atomic E-state index is 0.00220. The molecule has 0 saturated carbocycles. The van der Waals surface area contributed by atoms with Gasteiger partial charge in [0.05, 0.1) is 0 Å². The second kappa shape index (κ2) is 3.93. The van der Waals surface area contributed by atoms with Gasteiger partial charge >= 0.3 is 5.97 Å². The highest BCUT2D eigenvalue weighted by Gasteiger charge is 2.16. The van der Waals surface area contributed by atoms with Gasteiger partial charge in [0, 0.05) is 6.92 Å². The van der Waals surface area contributed by atoms with Crippen LogP contribution in [0.5, 0.6) is 11.5 Å². The minimum atomic E-state index is -0.436. The molecule has 0 atom stereocenters. The van der Waals surface area contributed by atoms with Crippen molar-refractivity contribution < 1.29 is 14.6 Å². The molecule has 3 heteroatoms. The summed E-state index contributed by atoms with van der Waals surface area (Å²) in [6, 6.07) is 5.08. The van der Waals surface area contributed by atoms with Crippen molar-refractivity contribution in [2.24, 2.45) is 0 Å². The van der Waals surface area contributed by atoms with Crippen LogP contribution in [0.2, 0.25) is 0 Å². The van der Waals surface area contributed by atoms with E-state index in [0.29, 0.717) is 0 Å². The Balaban J connectivity index is 3.03. The Kier molecular flexibility index (Phi) is 3.03. The molecule has 3 nitrogen and oxygen atoms in total. The second-order valence-corrected chi connectivity index (χ2v) is 4.53. The number of aromatic hydroxyl groups is 1. The van der Waals surface area contributed by atoms with Crippen molar-refractivity contribution in [1.82, 2.24) is 0 Å². The summed E-state index contributed by atoms with van der Waals surface area (Å²) in [6.07, 6.45) is 0. The molecule has 0 spiro atoms. The van der Waals surface area contributed by atoms with Gasteiger partial charge < -0.3 is 9.84 Å². The monoisotopic (exact) mass is 208 g/mol. The summed E-state index contributed by atoms with van der Waals surface area (Å²) in [5, 5.41) is 9.63. The third-order valence-corrected chi connectivity index (χ3v) is 2.08. The Bertz CT molecular complexity index is 375. The maximum Gasteiger partial charge on any atom is 0.308 e. The van der Waals surface area contributed by atoms with Crippen molar-refractivity contribution in [3.05, 3.63) is 23.8 Å². The Labute approximate surface area is 89.7 Å². The summed E-state index contributed by atoms with van der Waals surface area (Å²) in [5.41, 5.74) is 0.961. The van der Waals surface area contributed by atoms with Crippen LogP contribution < -0.4 is 4.74 Å². The van der Waals surface area contributed by atoms with E-state index in [1.165, 1.54) is 6.92 Å². The largest absolute Gasteiger partial charge is 0.504 e. The maximum atomic E-state index is 10.7. The Morgan fingerprint density at radius 3 is 2.33 bits per heavy atom. The number of hydrogen-bond donors (Lipinski definition) is 1. The summed E-state index contributed by atoms with van der Waals surface area (Å²) in [7, 11) is 0. The van der Waals surface area contributed by atoms with Crippen LogP contribution in [0.25, 0.3) is 0 Å². The van der Waals surface area contributed by atoms with Gasteiger partial charge in [-0.3, -0.25) is 4.79 Å². The van der Waals surface area contributed by atoms with Gasteiger partial charge in [0.25, 0.3) is 0 Å². The first-order chi connectivity index (χ1) is 6.80. The van der Waals surface area contributed by atoms with E-state index in [9.17, 15) is 9.90 Å². The van der Waals surface area contributed by atoms with Crippen molar-refractivity contribution in [2.45, 2.75) is 33.1 Å². The Hall–Kier alpha value is -1.51. The molecule has 1 rings (SSSR count). The predicted molar refractivity (Wildman–Crippen MR) is 58.1 cm³/mol. The zero-order valence-corrected chi connectivity index (χ0v) is 9.50. The molecule has 0 amide bonds. The molecule has 0 aliphatic heterocycles. The molecule has 0 heterocycles. The van der Waals surface area contributed by atoms with Gasteiger partial charge in [-0.1, -0.05) is 26.8 Å². The number of phenols is 1. The number of rotatable bonds is 1. The van der Waals surface area contributed by atoms with E-state index in [1.807, 2.05) is 26.8 Å². The maximum absolute atomic E-state index is 10.7. The molecule has 0 fully saturated rings. The van der Waals surface area contributed by atoms with Crippen LogP contribution >= 0.6 is 0 Å². The molecule has 0 aliphatic rings. The van der Waals surface area contributed by atoms with Crippen LogP contribution in [0.4, 0.5) is 0 Å². The summed E-state index contributed by atoms with van der Waals surface area (Å²) in [4.78, 5) is 10.7. The fraction of sp³-hybridized carbons (Fsp3) is 0.417. The van der Waals surface area contributed by atoms with Gasteiger partial charge in [0.1, 0.15) is 0 Å². The van der Waals surface area contributed by atoms with Crippen LogP contribution in [0.1, 0.15) is 33.3 Å². The van der Waals surface area contributed by atoms with E-state index < -0.39 is 5.97 Å². The van der Waals surface area contributed by atoms with Gasteiger partial charge in [-0.25, -0.2) is 0 Å². The van der Waals surface area contributed by atoms with E-state index in [-0.39, 0.29) is 16.9 Å². The standard InChI is InChI=1S/C12H16O3/c1-8(13)15-11-6-5-9(7-10(11)14)12(2,3)4/h5-7,14H,1-4H3. The number of esters is 1. The number of carbonyl (C=O) groups is 1. The molecule has 0 saturated heterocycles. The lowest BCUT2D eigenvalue weighted by Gasteiger charge is -2.19. The molecule has 1 aromatic carbocycles. The van der Waals surface area contributed by atoms with Crippen molar-refractivity contribution in [3.8, 4) is 11.5 Å². The second-order valence-electron chi connectivity index (χ2n) is 4.53. The average molecular weight is 208 g/mol. The smallest absolute Gasteiger partial charge is 0.308 e. The summed E-state index contributed by atoms with van der Waals surface area (Å²) >= 11 is 0. The molecule has 0 radical (unpaired) electrons. The molecule has 82 valence electrons. The highest BCUT2D eigenvalue weighted by atomic mass is 16.5. The third kappa shape index (κ3) is 2.98. The summed E-state index contributed by atoms with van der Waals surface area (Å²) < 4.78 is 4.82. The molecule has 1 N–H and O–H groups in total. The lowest BCUT2D eigenvalue weighted by Crippen LogP contribution is -2.11. The first kappa shape index (κ1) is 11.6. The number of benzene rings is 1. The third-order valence-electron chi connectivity index (χ3n) is 2.08. The molecule has 0 unspecified atom stereocenters. The molecule has 0 aromatic heterocycles. The van der Waals surface area contributed by atoms with Crippen molar-refractivity contribution in [3.63, 3.8) is 0 Å². The van der Waals surface area contributed by atoms with E-state index in [0.717, 1.165) is 5.56 Å². The van der Waals surface area contributed by atoms with Crippen LogP contribution in [-0.4, -0.2) is 11.1 Å². The Morgan fingerprint density at radius 2 is 1.93 bits per heavy atom. The molecular weight excluding hydrogens is 192 g/mol. The molecule has 0 bridgehead atoms. The highest BCUT2D eigenvalue weighted by molar-refractivity contribution is 5.70.